The molecule has 0 amide bonds. The number of hydrogen-bond acceptors (Lipinski definition) is 8. The van der Waals surface area contributed by atoms with Gasteiger partial charge in [0.1, 0.15) is 0 Å². The molecule has 0 spiro atoms. The lowest BCUT2D eigenvalue weighted by molar-refractivity contribution is 0.00578. The van der Waals surface area contributed by atoms with Crippen LogP contribution in [0, 0.1) is 0 Å². The summed E-state index contributed by atoms with van der Waals surface area (Å²) in [5, 5.41) is 1.93. The number of para-hydroxylation sites is 8. The molecule has 8 nitrogen and oxygen atoms in total. The van der Waals surface area contributed by atoms with Gasteiger partial charge >= 0.3 is 14.2 Å². The van der Waals surface area contributed by atoms with E-state index < -0.39 is 36.6 Å². The number of hydrogen-bond donors (Lipinski definition) is 0. The lowest BCUT2D eigenvalue weighted by atomic mass is 9.70. The Balaban J connectivity index is 1.29. The molecule has 10 rings (SSSR count). The van der Waals surface area contributed by atoms with Crippen LogP contribution in [0.5, 0.6) is 23.0 Å². The molecule has 6 aromatic rings. The van der Waals surface area contributed by atoms with E-state index in [4.69, 9.17) is 28.1 Å². The molecule has 0 radical (unpaired) electrons. The van der Waals surface area contributed by atoms with Crippen LogP contribution >= 0.6 is 0 Å². The molecular formula is C46H44B2N2O6. The van der Waals surface area contributed by atoms with Gasteiger partial charge < -0.3 is 37.9 Å². The molecule has 2 saturated heterocycles. The lowest BCUT2D eigenvalue weighted by Gasteiger charge is -2.34. The average Bonchev–Trinajstić information content (AvgIpc) is 3.53. The minimum atomic E-state index is -0.681. The Morgan fingerprint density at radius 2 is 0.643 bits per heavy atom. The van der Waals surface area contributed by atoms with Crippen molar-refractivity contribution in [2.45, 2.75) is 77.8 Å². The maximum atomic E-state index is 6.91. The number of anilines is 6. The second kappa shape index (κ2) is 12.1. The van der Waals surface area contributed by atoms with Gasteiger partial charge in [-0.05, 0) is 150 Å². The topological polar surface area (TPSA) is 61.9 Å². The molecule has 0 atom stereocenters. The standard InChI is InChI=1S/C46H44B2N2O6/c1-43(2)44(3,4)54-47(53-43)33-27-29(49-35-17-9-13-21-39(35)51-40-22-14-10-18-36(40)49)26-32-31(33)25-30(28-34(32)48-55-45(5,6)46(7,8)56-48)50-37-19-11-15-23-41(37)52-42-24-16-12-20-38(42)50/h9-28H,1-8H3. The minimum absolute atomic E-state index is 0.577. The third kappa shape index (κ3) is 5.30. The largest absolute Gasteiger partial charge is 0.495 e. The molecule has 6 aromatic carbocycles. The summed E-state index contributed by atoms with van der Waals surface area (Å²) in [6.45, 7) is 16.7. The molecule has 10 heteroatoms. The molecule has 0 N–H and O–H groups in total. The summed E-state index contributed by atoms with van der Waals surface area (Å²) in [6.07, 6.45) is 0. The predicted octanol–water partition coefficient (Wildman–Crippen LogP) is 10.6. The highest BCUT2D eigenvalue weighted by molar-refractivity contribution is 6.68. The first kappa shape index (κ1) is 35.2. The second-order valence-electron chi connectivity index (χ2n) is 17.1. The maximum absolute atomic E-state index is 6.91. The van der Waals surface area contributed by atoms with E-state index in [9.17, 15) is 0 Å². The zero-order valence-corrected chi connectivity index (χ0v) is 33.0. The summed E-state index contributed by atoms with van der Waals surface area (Å²) in [5.74, 6) is 3.09. The Bertz CT molecular complexity index is 2270. The summed E-state index contributed by atoms with van der Waals surface area (Å²) in [4.78, 5) is 4.53. The molecule has 56 heavy (non-hydrogen) atoms. The molecule has 0 unspecified atom stereocenters. The van der Waals surface area contributed by atoms with Gasteiger partial charge in [0, 0.05) is 11.4 Å². The van der Waals surface area contributed by atoms with E-state index in [-0.39, 0.29) is 0 Å². The Morgan fingerprint density at radius 1 is 0.375 bits per heavy atom. The molecular weight excluding hydrogens is 698 g/mol. The molecule has 0 aliphatic carbocycles. The molecule has 4 aliphatic rings. The van der Waals surface area contributed by atoms with Crippen molar-refractivity contribution < 1.29 is 28.1 Å². The zero-order chi connectivity index (χ0) is 38.8. The van der Waals surface area contributed by atoms with Crippen LogP contribution in [0.25, 0.3) is 10.8 Å². The highest BCUT2D eigenvalue weighted by Crippen LogP contribution is 2.53. The molecule has 0 saturated carbocycles. The van der Waals surface area contributed by atoms with Crippen molar-refractivity contribution in [1.29, 1.82) is 0 Å². The summed E-state index contributed by atoms with van der Waals surface area (Å²) in [6, 6.07) is 41.5. The molecule has 0 bridgehead atoms. The smallest absolute Gasteiger partial charge is 0.453 e. The minimum Gasteiger partial charge on any atom is -0.453 e. The average molecular weight is 742 g/mol. The van der Waals surface area contributed by atoms with Gasteiger partial charge in [-0.25, -0.2) is 0 Å². The first-order chi connectivity index (χ1) is 26.7. The van der Waals surface area contributed by atoms with E-state index in [1.807, 2.05) is 72.8 Å². The third-order valence-electron chi connectivity index (χ3n) is 12.5. The van der Waals surface area contributed by atoms with Crippen molar-refractivity contribution >= 4 is 70.1 Å². The fourth-order valence-corrected chi connectivity index (χ4v) is 8.04. The molecule has 2 fully saturated rings. The van der Waals surface area contributed by atoms with E-state index in [0.717, 1.165) is 78.8 Å². The Labute approximate surface area is 329 Å². The predicted molar refractivity (Wildman–Crippen MR) is 225 cm³/mol. The Morgan fingerprint density at radius 3 is 0.929 bits per heavy atom. The fraction of sp³-hybridized carbons (Fsp3) is 0.261. The number of ether oxygens (including phenoxy) is 2. The summed E-state index contributed by atoms with van der Waals surface area (Å²) < 4.78 is 40.5. The molecule has 4 aliphatic heterocycles. The van der Waals surface area contributed by atoms with Crippen LogP contribution in [0.15, 0.2) is 121 Å². The van der Waals surface area contributed by atoms with Gasteiger partial charge in [0.2, 0.25) is 0 Å². The highest BCUT2D eigenvalue weighted by atomic mass is 16.7. The van der Waals surface area contributed by atoms with Gasteiger partial charge in [0.05, 0.1) is 45.2 Å². The van der Waals surface area contributed by atoms with Crippen LogP contribution in [0.1, 0.15) is 55.4 Å². The van der Waals surface area contributed by atoms with Crippen molar-refractivity contribution in [3.8, 4) is 23.0 Å². The van der Waals surface area contributed by atoms with Gasteiger partial charge in [-0.15, -0.1) is 0 Å². The van der Waals surface area contributed by atoms with Crippen LogP contribution in [-0.4, -0.2) is 36.6 Å². The highest BCUT2D eigenvalue weighted by Gasteiger charge is 2.54. The van der Waals surface area contributed by atoms with Crippen LogP contribution < -0.4 is 30.2 Å². The van der Waals surface area contributed by atoms with Crippen molar-refractivity contribution in [2.75, 3.05) is 9.80 Å². The Hall–Kier alpha value is -5.25. The molecule has 280 valence electrons. The monoisotopic (exact) mass is 742 g/mol. The van der Waals surface area contributed by atoms with E-state index in [0.29, 0.717) is 0 Å². The maximum Gasteiger partial charge on any atom is 0.495 e. The van der Waals surface area contributed by atoms with Crippen LogP contribution in [0.2, 0.25) is 0 Å². The van der Waals surface area contributed by atoms with Crippen molar-refractivity contribution in [1.82, 2.24) is 0 Å². The zero-order valence-electron chi connectivity index (χ0n) is 33.0. The SMILES string of the molecule is CC1(C)OB(c2cc(N3c4ccccc4Oc4ccccc43)cc3c(B4OC(C)(C)C(C)(C)O4)cc(N4c5ccccc5Oc5ccccc54)cc23)OC1(C)C. The van der Waals surface area contributed by atoms with E-state index in [2.05, 4.69) is 114 Å². The first-order valence-electron chi connectivity index (χ1n) is 19.4. The van der Waals surface area contributed by atoms with Crippen LogP contribution in [0.3, 0.4) is 0 Å². The van der Waals surface area contributed by atoms with E-state index in [1.54, 1.807) is 0 Å². The van der Waals surface area contributed by atoms with E-state index in [1.165, 1.54) is 0 Å². The summed E-state index contributed by atoms with van der Waals surface area (Å²) in [5.41, 5.74) is 5.07. The van der Waals surface area contributed by atoms with Crippen molar-refractivity contribution in [2.24, 2.45) is 0 Å². The van der Waals surface area contributed by atoms with Crippen molar-refractivity contribution in [3.63, 3.8) is 0 Å². The van der Waals surface area contributed by atoms with Crippen LogP contribution in [0.4, 0.5) is 34.1 Å². The van der Waals surface area contributed by atoms with Gasteiger partial charge in [-0.1, -0.05) is 48.5 Å². The first-order valence-corrected chi connectivity index (χ1v) is 19.4. The van der Waals surface area contributed by atoms with Gasteiger partial charge in [-0.3, -0.25) is 0 Å². The van der Waals surface area contributed by atoms with Crippen LogP contribution in [-0.2, 0) is 18.6 Å². The normalized spacial score (nSPS) is 19.5. The van der Waals surface area contributed by atoms with Gasteiger partial charge in [-0.2, -0.15) is 0 Å². The van der Waals surface area contributed by atoms with Crippen molar-refractivity contribution in [3.05, 3.63) is 121 Å². The summed E-state index contributed by atoms with van der Waals surface area (Å²) in [7, 11) is -1.36. The fourth-order valence-electron chi connectivity index (χ4n) is 8.04. The third-order valence-corrected chi connectivity index (χ3v) is 12.5. The number of fused-ring (bicyclic) bond motifs is 5. The lowest BCUT2D eigenvalue weighted by Crippen LogP contribution is -2.41. The van der Waals surface area contributed by atoms with Gasteiger partial charge in [0.25, 0.3) is 0 Å². The van der Waals surface area contributed by atoms with E-state index >= 15 is 0 Å². The number of rotatable bonds is 4. The van der Waals surface area contributed by atoms with Gasteiger partial charge in [0.15, 0.2) is 23.0 Å². The quantitative estimate of drug-likeness (QED) is 0.165. The second-order valence-corrected chi connectivity index (χ2v) is 17.1. The number of benzene rings is 6. The Kier molecular flexibility index (Phi) is 7.62. The molecule has 4 heterocycles. The summed E-state index contributed by atoms with van der Waals surface area (Å²) >= 11 is 0. The molecule has 0 aromatic heterocycles. The number of nitrogens with zero attached hydrogens (tertiary/aromatic N) is 2.